The topological polar surface area (TPSA) is 104 Å². The molecule has 0 atom stereocenters. The van der Waals surface area contributed by atoms with Crippen molar-refractivity contribution in [2.75, 3.05) is 7.11 Å². The monoisotopic (exact) mass is 331 g/mol. The van der Waals surface area contributed by atoms with Crippen molar-refractivity contribution in [3.05, 3.63) is 54.5 Å². The number of methoxy groups -OCH3 is 1. The summed E-state index contributed by atoms with van der Waals surface area (Å²) < 4.78 is 28.8. The molecule has 8 heteroatoms. The molecule has 2 aromatic heterocycles. The van der Waals surface area contributed by atoms with E-state index in [1.807, 2.05) is 12.1 Å². The van der Waals surface area contributed by atoms with Crippen molar-refractivity contribution < 1.29 is 17.9 Å². The molecule has 0 fully saturated rings. The first kappa shape index (κ1) is 15.2. The average Bonchev–Trinajstić information content (AvgIpc) is 2.98. The van der Waals surface area contributed by atoms with Crippen LogP contribution in [0.5, 0.6) is 0 Å². The third-order valence-corrected chi connectivity index (χ3v) is 4.29. The average molecular weight is 331 g/mol. The molecule has 0 unspecified atom stereocenters. The molecule has 2 heterocycles. The molecular formula is C15H13N3O4S. The molecule has 2 N–H and O–H groups in total. The lowest BCUT2D eigenvalue weighted by molar-refractivity contribution is 0.0593. The highest BCUT2D eigenvalue weighted by Gasteiger charge is 2.24. The predicted molar refractivity (Wildman–Crippen MR) is 85.0 cm³/mol. The first-order valence-corrected chi connectivity index (χ1v) is 8.11. The number of nitrogens with zero attached hydrogens (tertiary/aromatic N) is 2. The Balaban J connectivity index is 2.36. The zero-order valence-corrected chi connectivity index (χ0v) is 12.9. The molecule has 0 aliphatic rings. The Morgan fingerprint density at radius 3 is 2.65 bits per heavy atom. The fourth-order valence-electron chi connectivity index (χ4n) is 2.48. The number of hydrogen-bond acceptors (Lipinski definition) is 5. The minimum Gasteiger partial charge on any atom is -0.464 e. The van der Waals surface area contributed by atoms with E-state index in [9.17, 15) is 13.2 Å². The van der Waals surface area contributed by atoms with Gasteiger partial charge in [-0.3, -0.25) is 4.98 Å². The minimum absolute atomic E-state index is 0.147. The van der Waals surface area contributed by atoms with Gasteiger partial charge in [-0.1, -0.05) is 18.2 Å². The van der Waals surface area contributed by atoms with Crippen molar-refractivity contribution in [1.82, 2.24) is 8.96 Å². The SMILES string of the molecule is COC(=O)c1c(-c2cccc3ncccc23)ccn1S(N)(=O)=O. The van der Waals surface area contributed by atoms with E-state index in [2.05, 4.69) is 4.98 Å². The van der Waals surface area contributed by atoms with Crippen LogP contribution in [0.3, 0.4) is 0 Å². The zero-order valence-electron chi connectivity index (χ0n) is 12.1. The van der Waals surface area contributed by atoms with Crippen LogP contribution in [0.1, 0.15) is 10.5 Å². The maximum absolute atomic E-state index is 12.1. The molecule has 1 aromatic carbocycles. The van der Waals surface area contributed by atoms with Crippen LogP contribution in [0.25, 0.3) is 22.0 Å². The molecule has 0 saturated carbocycles. The summed E-state index contributed by atoms with van der Waals surface area (Å²) in [5, 5.41) is 5.95. The Kier molecular flexibility index (Phi) is 3.63. The normalized spacial score (nSPS) is 11.6. The summed E-state index contributed by atoms with van der Waals surface area (Å²) in [5.74, 6) is -0.792. The summed E-state index contributed by atoms with van der Waals surface area (Å²) in [5.41, 5.74) is 1.65. The van der Waals surface area contributed by atoms with Gasteiger partial charge in [-0.25, -0.2) is 13.9 Å². The van der Waals surface area contributed by atoms with Gasteiger partial charge in [-0.05, 0) is 23.8 Å². The molecule has 0 aliphatic heterocycles. The van der Waals surface area contributed by atoms with Crippen molar-refractivity contribution in [2.24, 2.45) is 5.14 Å². The highest BCUT2D eigenvalue weighted by molar-refractivity contribution is 7.87. The summed E-state index contributed by atoms with van der Waals surface area (Å²) in [4.78, 5) is 16.3. The highest BCUT2D eigenvalue weighted by atomic mass is 32.2. The molecule has 7 nitrogen and oxygen atoms in total. The fourth-order valence-corrected chi connectivity index (χ4v) is 3.14. The number of nitrogens with two attached hydrogens (primary N) is 1. The molecule has 23 heavy (non-hydrogen) atoms. The Morgan fingerprint density at radius 2 is 1.96 bits per heavy atom. The van der Waals surface area contributed by atoms with Crippen LogP contribution >= 0.6 is 0 Å². The molecule has 0 bridgehead atoms. The number of aromatic nitrogens is 2. The van der Waals surface area contributed by atoms with Crippen LogP contribution in [-0.2, 0) is 14.9 Å². The molecule has 3 rings (SSSR count). The Labute approximate surface area is 132 Å². The molecule has 0 radical (unpaired) electrons. The lowest BCUT2D eigenvalue weighted by atomic mass is 10.0. The minimum atomic E-state index is -4.13. The smallest absolute Gasteiger partial charge is 0.356 e. The lowest BCUT2D eigenvalue weighted by Crippen LogP contribution is -2.25. The summed E-state index contributed by atoms with van der Waals surface area (Å²) >= 11 is 0. The second-order valence-electron chi connectivity index (χ2n) is 4.79. The summed E-state index contributed by atoms with van der Waals surface area (Å²) in [7, 11) is -2.95. The standard InChI is InChI=1S/C15H13N3O4S/c1-22-15(19)14-12(7-9-18(14)23(16,20)21)10-4-2-6-13-11(10)5-3-8-17-13/h2-9H,1H3,(H2,16,20,21). The Hall–Kier alpha value is -2.71. The van der Waals surface area contributed by atoms with Crippen molar-refractivity contribution in [3.63, 3.8) is 0 Å². The van der Waals surface area contributed by atoms with Crippen LogP contribution in [0, 0.1) is 0 Å². The van der Waals surface area contributed by atoms with Crippen LogP contribution < -0.4 is 5.14 Å². The van der Waals surface area contributed by atoms with Gasteiger partial charge in [0.2, 0.25) is 0 Å². The van der Waals surface area contributed by atoms with Crippen molar-refractivity contribution >= 4 is 27.1 Å². The van der Waals surface area contributed by atoms with Gasteiger partial charge in [0.15, 0.2) is 5.69 Å². The molecular weight excluding hydrogens is 318 g/mol. The molecule has 0 spiro atoms. The van der Waals surface area contributed by atoms with Gasteiger partial charge in [-0.2, -0.15) is 8.42 Å². The summed E-state index contributed by atoms with van der Waals surface area (Å²) in [6.45, 7) is 0. The fraction of sp³-hybridized carbons (Fsp3) is 0.0667. The van der Waals surface area contributed by atoms with E-state index >= 15 is 0 Å². The number of rotatable bonds is 3. The molecule has 3 aromatic rings. The molecule has 118 valence electrons. The second-order valence-corrected chi connectivity index (χ2v) is 6.21. The van der Waals surface area contributed by atoms with E-state index in [0.29, 0.717) is 15.1 Å². The van der Waals surface area contributed by atoms with E-state index < -0.39 is 16.2 Å². The van der Waals surface area contributed by atoms with Gasteiger partial charge >= 0.3 is 16.2 Å². The summed E-state index contributed by atoms with van der Waals surface area (Å²) in [6, 6.07) is 10.5. The van der Waals surface area contributed by atoms with Gasteiger partial charge in [0.25, 0.3) is 0 Å². The van der Waals surface area contributed by atoms with Gasteiger partial charge in [0, 0.05) is 23.3 Å². The van der Waals surface area contributed by atoms with E-state index in [1.54, 1.807) is 24.4 Å². The number of pyridine rings is 1. The largest absolute Gasteiger partial charge is 0.464 e. The van der Waals surface area contributed by atoms with Gasteiger partial charge in [-0.15, -0.1) is 0 Å². The number of benzene rings is 1. The van der Waals surface area contributed by atoms with Crippen LogP contribution in [0.15, 0.2) is 48.8 Å². The van der Waals surface area contributed by atoms with Crippen LogP contribution in [0.2, 0.25) is 0 Å². The first-order valence-electron chi connectivity index (χ1n) is 6.60. The van der Waals surface area contributed by atoms with E-state index in [4.69, 9.17) is 9.88 Å². The van der Waals surface area contributed by atoms with Gasteiger partial charge < -0.3 is 4.74 Å². The number of fused-ring (bicyclic) bond motifs is 1. The van der Waals surface area contributed by atoms with Gasteiger partial charge in [0.05, 0.1) is 12.6 Å². The predicted octanol–water partition coefficient (Wildman–Crippen LogP) is 1.54. The molecule has 0 aliphatic carbocycles. The zero-order chi connectivity index (χ0) is 16.6. The molecule has 0 amide bonds. The quantitative estimate of drug-likeness (QED) is 0.733. The van der Waals surface area contributed by atoms with Crippen molar-refractivity contribution in [1.29, 1.82) is 0 Å². The lowest BCUT2D eigenvalue weighted by Gasteiger charge is -2.09. The maximum Gasteiger partial charge on any atom is 0.356 e. The number of esters is 1. The van der Waals surface area contributed by atoms with Crippen LogP contribution in [0.4, 0.5) is 0 Å². The highest BCUT2D eigenvalue weighted by Crippen LogP contribution is 2.31. The van der Waals surface area contributed by atoms with Gasteiger partial charge in [0.1, 0.15) is 0 Å². The van der Waals surface area contributed by atoms with Crippen molar-refractivity contribution in [3.8, 4) is 11.1 Å². The molecule has 0 saturated heterocycles. The maximum atomic E-state index is 12.1. The van der Waals surface area contributed by atoms with E-state index in [-0.39, 0.29) is 5.69 Å². The first-order chi connectivity index (χ1) is 10.9. The van der Waals surface area contributed by atoms with Crippen molar-refractivity contribution in [2.45, 2.75) is 0 Å². The number of hydrogen-bond donors (Lipinski definition) is 1. The number of carbonyl (C=O) groups excluding carboxylic acids is 1. The third kappa shape index (κ3) is 2.58. The second kappa shape index (κ2) is 5.49. The van der Waals surface area contributed by atoms with Crippen LogP contribution in [-0.4, -0.2) is 30.5 Å². The number of ether oxygens (including phenoxy) is 1. The third-order valence-electron chi connectivity index (χ3n) is 3.44. The Morgan fingerprint density at radius 1 is 1.17 bits per heavy atom. The summed E-state index contributed by atoms with van der Waals surface area (Å²) in [6.07, 6.45) is 2.88. The Bertz CT molecular complexity index is 1000. The van der Waals surface area contributed by atoms with E-state index in [1.165, 1.54) is 19.4 Å². The number of carbonyl (C=O) groups is 1. The van der Waals surface area contributed by atoms with E-state index in [0.717, 1.165) is 10.9 Å².